The van der Waals surface area contributed by atoms with E-state index in [4.69, 9.17) is 0 Å². The van der Waals surface area contributed by atoms with Crippen LogP contribution in [0.4, 0.5) is 8.78 Å². The van der Waals surface area contributed by atoms with E-state index in [1.165, 1.54) is 12.1 Å². The molecule has 1 aromatic carbocycles. The van der Waals surface area contributed by atoms with Crippen LogP contribution < -0.4 is 0 Å². The van der Waals surface area contributed by atoms with Gasteiger partial charge in [0.25, 0.3) is 0 Å². The summed E-state index contributed by atoms with van der Waals surface area (Å²) in [6, 6.07) is 3.18. The zero-order valence-electron chi connectivity index (χ0n) is 9.00. The van der Waals surface area contributed by atoms with Gasteiger partial charge in [-0.05, 0) is 23.6 Å². The lowest BCUT2D eigenvalue weighted by atomic mass is 9.91. The maximum atomic E-state index is 12.9. The zero-order chi connectivity index (χ0) is 11.4. The first-order valence-electron chi connectivity index (χ1n) is 5.22. The maximum Gasteiger partial charge on any atom is 0.126 e. The van der Waals surface area contributed by atoms with Gasteiger partial charge in [-0.25, -0.2) is 8.78 Å². The Morgan fingerprint density at radius 1 is 1.07 bits per heavy atom. The van der Waals surface area contributed by atoms with Crippen LogP contribution in [0.3, 0.4) is 0 Å². The summed E-state index contributed by atoms with van der Waals surface area (Å²) in [6.07, 6.45) is 0.788. The molecule has 1 N–H and O–H groups in total. The molecule has 0 heterocycles. The molecule has 0 saturated heterocycles. The van der Waals surface area contributed by atoms with E-state index in [0.717, 1.165) is 18.9 Å². The van der Waals surface area contributed by atoms with Crippen LogP contribution in [0.25, 0.3) is 0 Å². The fraction of sp³-hybridized carbons (Fsp3) is 0.500. The Bertz CT molecular complexity index is 301. The predicted molar refractivity (Wildman–Crippen MR) is 55.4 cm³/mol. The molecule has 1 nitrogen and oxygen atoms in total. The molecule has 0 radical (unpaired) electrons. The molecule has 15 heavy (non-hydrogen) atoms. The minimum Gasteiger partial charge on any atom is -0.388 e. The van der Waals surface area contributed by atoms with E-state index in [2.05, 4.69) is 0 Å². The van der Waals surface area contributed by atoms with Gasteiger partial charge >= 0.3 is 0 Å². The van der Waals surface area contributed by atoms with E-state index in [-0.39, 0.29) is 5.92 Å². The van der Waals surface area contributed by atoms with Gasteiger partial charge in [0.1, 0.15) is 11.6 Å². The van der Waals surface area contributed by atoms with Gasteiger partial charge in [0.15, 0.2) is 0 Å². The predicted octanol–water partition coefficient (Wildman–Crippen LogP) is 3.43. The molecule has 3 heteroatoms. The quantitative estimate of drug-likeness (QED) is 0.814. The van der Waals surface area contributed by atoms with Gasteiger partial charge in [-0.15, -0.1) is 0 Å². The van der Waals surface area contributed by atoms with Crippen LogP contribution in [0, 0.1) is 17.6 Å². The van der Waals surface area contributed by atoms with Gasteiger partial charge in [0, 0.05) is 6.07 Å². The van der Waals surface area contributed by atoms with Gasteiger partial charge in [-0.3, -0.25) is 0 Å². The Kier molecular flexibility index (Phi) is 4.21. The number of hydrogen-bond acceptors (Lipinski definition) is 1. The summed E-state index contributed by atoms with van der Waals surface area (Å²) in [6.45, 7) is 3.90. The normalized spacial score (nSPS) is 13.2. The summed E-state index contributed by atoms with van der Waals surface area (Å²) in [5.74, 6) is -1.24. The molecule has 0 aromatic heterocycles. The Balaban J connectivity index is 2.94. The van der Waals surface area contributed by atoms with Crippen LogP contribution in [0.1, 0.15) is 38.4 Å². The highest BCUT2D eigenvalue weighted by atomic mass is 19.1. The van der Waals surface area contributed by atoms with E-state index < -0.39 is 17.7 Å². The Morgan fingerprint density at radius 3 is 1.93 bits per heavy atom. The molecule has 0 spiro atoms. The third-order valence-corrected chi connectivity index (χ3v) is 2.72. The molecule has 0 saturated carbocycles. The van der Waals surface area contributed by atoms with Crippen molar-refractivity contribution in [2.75, 3.05) is 0 Å². The first-order chi connectivity index (χ1) is 7.08. The van der Waals surface area contributed by atoms with Crippen molar-refractivity contribution in [3.8, 4) is 0 Å². The molecule has 0 fully saturated rings. The minimum atomic E-state index is -0.787. The first kappa shape index (κ1) is 12.1. The molecule has 0 aliphatic carbocycles. The van der Waals surface area contributed by atoms with Crippen LogP contribution in [0.2, 0.25) is 0 Å². The number of benzene rings is 1. The van der Waals surface area contributed by atoms with Crippen molar-refractivity contribution in [2.45, 2.75) is 32.8 Å². The average Bonchev–Trinajstić information content (AvgIpc) is 2.18. The summed E-state index contributed by atoms with van der Waals surface area (Å²) in [5, 5.41) is 9.90. The largest absolute Gasteiger partial charge is 0.388 e. The first-order valence-corrected chi connectivity index (χ1v) is 5.22. The van der Waals surface area contributed by atoms with Gasteiger partial charge in [0.2, 0.25) is 0 Å². The molecule has 0 amide bonds. The van der Waals surface area contributed by atoms with Crippen LogP contribution in [0.5, 0.6) is 0 Å². The molecule has 1 aromatic rings. The number of aliphatic hydroxyl groups excluding tert-OH is 1. The summed E-state index contributed by atoms with van der Waals surface area (Å²) >= 11 is 0. The van der Waals surface area contributed by atoms with E-state index in [1.807, 2.05) is 13.8 Å². The number of halogens is 2. The highest BCUT2D eigenvalue weighted by molar-refractivity contribution is 5.20. The average molecular weight is 214 g/mol. The topological polar surface area (TPSA) is 20.2 Å². The lowest BCUT2D eigenvalue weighted by molar-refractivity contribution is 0.103. The van der Waals surface area contributed by atoms with Gasteiger partial charge in [-0.1, -0.05) is 26.7 Å². The maximum absolute atomic E-state index is 12.9. The summed E-state index contributed by atoms with van der Waals surface area (Å²) in [5.41, 5.74) is 0.321. The number of rotatable bonds is 4. The SMILES string of the molecule is CCC(CC)C(O)c1cc(F)cc(F)c1. The van der Waals surface area contributed by atoms with Gasteiger partial charge < -0.3 is 5.11 Å². The Labute approximate surface area is 88.7 Å². The molecule has 0 aliphatic heterocycles. The minimum absolute atomic E-state index is 0.0474. The molecule has 1 unspecified atom stereocenters. The molecular formula is C12H16F2O. The van der Waals surface area contributed by atoms with Crippen molar-refractivity contribution in [3.63, 3.8) is 0 Å². The number of hydrogen-bond donors (Lipinski definition) is 1. The van der Waals surface area contributed by atoms with Crippen molar-refractivity contribution in [1.29, 1.82) is 0 Å². The van der Waals surface area contributed by atoms with Crippen molar-refractivity contribution in [1.82, 2.24) is 0 Å². The molecule has 0 bridgehead atoms. The second kappa shape index (κ2) is 5.21. The summed E-state index contributed by atoms with van der Waals surface area (Å²) < 4.78 is 25.8. The van der Waals surface area contributed by atoms with Crippen molar-refractivity contribution in [3.05, 3.63) is 35.4 Å². The van der Waals surface area contributed by atoms with E-state index in [0.29, 0.717) is 5.56 Å². The van der Waals surface area contributed by atoms with Crippen molar-refractivity contribution >= 4 is 0 Å². The monoisotopic (exact) mass is 214 g/mol. The van der Waals surface area contributed by atoms with Crippen LogP contribution in [-0.2, 0) is 0 Å². The lowest BCUT2D eigenvalue weighted by Gasteiger charge is -2.20. The van der Waals surface area contributed by atoms with Crippen LogP contribution >= 0.6 is 0 Å². The zero-order valence-corrected chi connectivity index (χ0v) is 9.00. The summed E-state index contributed by atoms with van der Waals surface area (Å²) in [7, 11) is 0. The smallest absolute Gasteiger partial charge is 0.126 e. The van der Waals surface area contributed by atoms with Gasteiger partial charge in [0.05, 0.1) is 6.10 Å². The third kappa shape index (κ3) is 2.99. The van der Waals surface area contributed by atoms with Crippen LogP contribution in [0.15, 0.2) is 18.2 Å². The van der Waals surface area contributed by atoms with E-state index in [9.17, 15) is 13.9 Å². The Morgan fingerprint density at radius 2 is 1.53 bits per heavy atom. The fourth-order valence-electron chi connectivity index (χ4n) is 1.75. The highest BCUT2D eigenvalue weighted by Gasteiger charge is 2.18. The molecule has 1 atom stereocenters. The molecule has 84 valence electrons. The van der Waals surface area contributed by atoms with Gasteiger partial charge in [-0.2, -0.15) is 0 Å². The van der Waals surface area contributed by atoms with Crippen LogP contribution in [-0.4, -0.2) is 5.11 Å². The number of aliphatic hydroxyl groups is 1. The van der Waals surface area contributed by atoms with Crippen molar-refractivity contribution in [2.24, 2.45) is 5.92 Å². The lowest BCUT2D eigenvalue weighted by Crippen LogP contribution is -2.11. The molecular weight excluding hydrogens is 198 g/mol. The highest BCUT2D eigenvalue weighted by Crippen LogP contribution is 2.27. The van der Waals surface area contributed by atoms with Crippen molar-refractivity contribution < 1.29 is 13.9 Å². The standard InChI is InChI=1S/C12H16F2O/c1-3-8(4-2)12(15)9-5-10(13)7-11(14)6-9/h5-8,12,15H,3-4H2,1-2H3. The Hall–Kier alpha value is -0.960. The second-order valence-electron chi connectivity index (χ2n) is 3.72. The van der Waals surface area contributed by atoms with E-state index >= 15 is 0 Å². The second-order valence-corrected chi connectivity index (χ2v) is 3.72. The third-order valence-electron chi connectivity index (χ3n) is 2.72. The molecule has 0 aliphatic rings. The molecule has 1 rings (SSSR count). The fourth-order valence-corrected chi connectivity index (χ4v) is 1.75. The van der Waals surface area contributed by atoms with E-state index in [1.54, 1.807) is 0 Å². The summed E-state index contributed by atoms with van der Waals surface area (Å²) in [4.78, 5) is 0.